The summed E-state index contributed by atoms with van der Waals surface area (Å²) in [5, 5.41) is 2.26. The first kappa shape index (κ1) is 33.0. The van der Waals surface area contributed by atoms with Gasteiger partial charge in [-0.15, -0.1) is 0 Å². The van der Waals surface area contributed by atoms with E-state index in [1.807, 2.05) is 30.3 Å². The Labute approximate surface area is 331 Å². The molecule has 57 heavy (non-hydrogen) atoms. The predicted molar refractivity (Wildman–Crippen MR) is 234 cm³/mol. The van der Waals surface area contributed by atoms with Crippen molar-refractivity contribution >= 4 is 21.9 Å². The summed E-state index contributed by atoms with van der Waals surface area (Å²) in [5.74, 6) is 0.693. The SMILES string of the molecule is CC1(c2ccccc2)c2ccccc2-c2ccc(-c3ccccc3-c3cc(-c4ccc(-c5ccc6c(c5)oc5ccccc56)cc4)nc(-c4ccccc4)n3)cc21. The first-order valence-corrected chi connectivity index (χ1v) is 19.5. The molecule has 2 aromatic heterocycles. The molecule has 0 N–H and O–H groups in total. The average molecular weight is 729 g/mol. The van der Waals surface area contributed by atoms with E-state index in [0.717, 1.165) is 72.3 Å². The zero-order chi connectivity index (χ0) is 37.9. The van der Waals surface area contributed by atoms with E-state index < -0.39 is 0 Å². The van der Waals surface area contributed by atoms with Gasteiger partial charge in [-0.25, -0.2) is 9.97 Å². The van der Waals surface area contributed by atoms with Gasteiger partial charge in [0.05, 0.1) is 11.4 Å². The Hall–Kier alpha value is -7.36. The van der Waals surface area contributed by atoms with Crippen LogP contribution in [0.5, 0.6) is 0 Å². The second-order valence-electron chi connectivity index (χ2n) is 15.1. The molecule has 0 fully saturated rings. The van der Waals surface area contributed by atoms with Crippen molar-refractivity contribution in [2.75, 3.05) is 0 Å². The third-order valence-electron chi connectivity index (χ3n) is 11.8. The maximum atomic E-state index is 6.21. The highest BCUT2D eigenvalue weighted by Gasteiger charge is 2.40. The largest absolute Gasteiger partial charge is 0.456 e. The van der Waals surface area contributed by atoms with E-state index in [1.54, 1.807) is 0 Å². The lowest BCUT2D eigenvalue weighted by atomic mass is 9.74. The Morgan fingerprint density at radius 2 is 0.965 bits per heavy atom. The van der Waals surface area contributed by atoms with Crippen LogP contribution in [0.2, 0.25) is 0 Å². The van der Waals surface area contributed by atoms with Gasteiger partial charge in [0, 0.05) is 32.9 Å². The van der Waals surface area contributed by atoms with Crippen LogP contribution in [0.1, 0.15) is 23.6 Å². The van der Waals surface area contributed by atoms with Crippen LogP contribution in [0.25, 0.3) is 89.2 Å². The third kappa shape index (κ3) is 5.43. The Kier molecular flexibility index (Phi) is 7.61. The highest BCUT2D eigenvalue weighted by Crippen LogP contribution is 2.53. The lowest BCUT2D eigenvalue weighted by Gasteiger charge is -2.28. The predicted octanol–water partition coefficient (Wildman–Crippen LogP) is 14.0. The van der Waals surface area contributed by atoms with Crippen LogP contribution in [0.3, 0.4) is 0 Å². The fourth-order valence-electron chi connectivity index (χ4n) is 8.89. The smallest absolute Gasteiger partial charge is 0.160 e. The Balaban J connectivity index is 1.02. The maximum Gasteiger partial charge on any atom is 0.160 e. The van der Waals surface area contributed by atoms with Crippen LogP contribution in [0.15, 0.2) is 205 Å². The van der Waals surface area contributed by atoms with Crippen LogP contribution in [0, 0.1) is 0 Å². The van der Waals surface area contributed by atoms with Gasteiger partial charge in [0.15, 0.2) is 5.82 Å². The molecule has 0 saturated heterocycles. The molecule has 268 valence electrons. The molecule has 0 saturated carbocycles. The summed E-state index contributed by atoms with van der Waals surface area (Å²) in [6, 6.07) is 71.1. The van der Waals surface area contributed by atoms with Gasteiger partial charge < -0.3 is 4.42 Å². The molecule has 2 heterocycles. The molecular formula is C54H36N2O. The lowest BCUT2D eigenvalue weighted by molar-refractivity contribution is 0.669. The van der Waals surface area contributed by atoms with E-state index >= 15 is 0 Å². The Bertz CT molecular complexity index is 3130. The maximum absolute atomic E-state index is 6.21. The van der Waals surface area contributed by atoms with E-state index in [-0.39, 0.29) is 5.41 Å². The third-order valence-corrected chi connectivity index (χ3v) is 11.8. The van der Waals surface area contributed by atoms with Crippen molar-refractivity contribution in [1.82, 2.24) is 9.97 Å². The summed E-state index contributed by atoms with van der Waals surface area (Å²) in [6.45, 7) is 2.37. The van der Waals surface area contributed by atoms with Crippen LogP contribution in [0.4, 0.5) is 0 Å². The molecule has 0 spiro atoms. The van der Waals surface area contributed by atoms with Gasteiger partial charge in [0.25, 0.3) is 0 Å². The molecule has 0 bridgehead atoms. The topological polar surface area (TPSA) is 38.9 Å². The Morgan fingerprint density at radius 1 is 0.368 bits per heavy atom. The van der Waals surface area contributed by atoms with Gasteiger partial charge in [-0.3, -0.25) is 0 Å². The number of fused-ring (bicyclic) bond motifs is 6. The molecule has 1 aliphatic rings. The molecule has 11 rings (SSSR count). The number of furan rings is 1. The van der Waals surface area contributed by atoms with Gasteiger partial charge in [-0.05, 0) is 87.3 Å². The van der Waals surface area contributed by atoms with E-state index in [4.69, 9.17) is 14.4 Å². The molecule has 0 aliphatic heterocycles. The number of para-hydroxylation sites is 1. The highest BCUT2D eigenvalue weighted by molar-refractivity contribution is 6.06. The van der Waals surface area contributed by atoms with Crippen molar-refractivity contribution < 1.29 is 4.42 Å². The van der Waals surface area contributed by atoms with Crippen molar-refractivity contribution in [2.45, 2.75) is 12.3 Å². The van der Waals surface area contributed by atoms with Crippen molar-refractivity contribution in [1.29, 1.82) is 0 Å². The minimum atomic E-state index is -0.287. The first-order chi connectivity index (χ1) is 28.1. The van der Waals surface area contributed by atoms with Crippen LogP contribution in [-0.2, 0) is 5.41 Å². The summed E-state index contributed by atoms with van der Waals surface area (Å²) in [7, 11) is 0. The minimum absolute atomic E-state index is 0.287. The van der Waals surface area contributed by atoms with Crippen molar-refractivity contribution in [2.24, 2.45) is 0 Å². The molecule has 0 amide bonds. The zero-order valence-corrected chi connectivity index (χ0v) is 31.4. The molecule has 1 atom stereocenters. The van der Waals surface area contributed by atoms with Crippen molar-refractivity contribution in [3.8, 4) is 67.3 Å². The summed E-state index contributed by atoms with van der Waals surface area (Å²) in [5.41, 5.74) is 17.4. The number of rotatable bonds is 6. The van der Waals surface area contributed by atoms with Crippen LogP contribution >= 0.6 is 0 Å². The van der Waals surface area contributed by atoms with E-state index in [0.29, 0.717) is 5.82 Å². The molecule has 0 radical (unpaired) electrons. The summed E-state index contributed by atoms with van der Waals surface area (Å²) in [6.07, 6.45) is 0. The van der Waals surface area contributed by atoms with Gasteiger partial charge in [0.2, 0.25) is 0 Å². The summed E-state index contributed by atoms with van der Waals surface area (Å²) < 4.78 is 6.21. The molecule has 1 unspecified atom stereocenters. The highest BCUT2D eigenvalue weighted by atomic mass is 16.3. The number of aromatic nitrogens is 2. The minimum Gasteiger partial charge on any atom is -0.456 e. The number of hydrogen-bond donors (Lipinski definition) is 0. The van der Waals surface area contributed by atoms with Gasteiger partial charge in [0.1, 0.15) is 11.2 Å². The quantitative estimate of drug-likeness (QED) is 0.171. The van der Waals surface area contributed by atoms with Crippen molar-refractivity contribution in [3.05, 3.63) is 217 Å². The van der Waals surface area contributed by atoms with E-state index in [2.05, 4.69) is 177 Å². The molecule has 8 aromatic carbocycles. The van der Waals surface area contributed by atoms with E-state index in [9.17, 15) is 0 Å². The molecule has 3 nitrogen and oxygen atoms in total. The second kappa shape index (κ2) is 13.1. The summed E-state index contributed by atoms with van der Waals surface area (Å²) >= 11 is 0. The monoisotopic (exact) mass is 728 g/mol. The fourth-order valence-corrected chi connectivity index (χ4v) is 8.89. The Morgan fingerprint density at radius 3 is 1.79 bits per heavy atom. The van der Waals surface area contributed by atoms with Crippen molar-refractivity contribution in [3.63, 3.8) is 0 Å². The normalized spacial score (nSPS) is 14.5. The number of nitrogens with zero attached hydrogens (tertiary/aromatic N) is 2. The lowest BCUT2D eigenvalue weighted by Crippen LogP contribution is -2.22. The number of hydrogen-bond acceptors (Lipinski definition) is 3. The second-order valence-corrected chi connectivity index (χ2v) is 15.1. The zero-order valence-electron chi connectivity index (χ0n) is 31.4. The van der Waals surface area contributed by atoms with Crippen LogP contribution in [-0.4, -0.2) is 9.97 Å². The average Bonchev–Trinajstić information content (AvgIpc) is 3.79. The standard InChI is InChI=1S/C54H36N2O/c1-54(40-16-6-3-7-17-40)47-22-12-10-19-42(47)43-30-29-39(32-48(43)54)41-18-8-9-20-44(41)50-34-49(55-53(56-50)37-14-4-2-5-15-37)36-26-24-35(25-27-36)38-28-31-46-45-21-11-13-23-51(45)57-52(46)33-38/h2-34H,1H3. The van der Waals surface area contributed by atoms with Gasteiger partial charge in [-0.2, -0.15) is 0 Å². The number of benzene rings is 8. The summed E-state index contributed by atoms with van der Waals surface area (Å²) in [4.78, 5) is 10.4. The van der Waals surface area contributed by atoms with Gasteiger partial charge >= 0.3 is 0 Å². The fraction of sp³-hybridized carbons (Fsp3) is 0.0370. The molecule has 3 heteroatoms. The van der Waals surface area contributed by atoms with Crippen LogP contribution < -0.4 is 0 Å². The van der Waals surface area contributed by atoms with E-state index in [1.165, 1.54) is 27.8 Å². The molecule has 1 aliphatic carbocycles. The first-order valence-electron chi connectivity index (χ1n) is 19.5. The molecular weight excluding hydrogens is 693 g/mol. The molecule has 10 aromatic rings. The van der Waals surface area contributed by atoms with Gasteiger partial charge in [-0.1, -0.05) is 170 Å².